The van der Waals surface area contributed by atoms with Crippen LogP contribution in [0.5, 0.6) is 0 Å². The molecule has 0 bridgehead atoms. The van der Waals surface area contributed by atoms with Gasteiger partial charge in [0.05, 0.1) is 0 Å². The van der Waals surface area contributed by atoms with E-state index in [0.717, 1.165) is 5.70 Å². The zero-order valence-electron chi connectivity index (χ0n) is 7.97. The summed E-state index contributed by atoms with van der Waals surface area (Å²) in [5.74, 6) is -0.409. The van der Waals surface area contributed by atoms with Gasteiger partial charge in [-0.3, -0.25) is 4.79 Å². The van der Waals surface area contributed by atoms with Crippen LogP contribution in [0.1, 0.15) is 13.3 Å². The van der Waals surface area contributed by atoms with Crippen LogP contribution in [0, 0.1) is 0 Å². The van der Waals surface area contributed by atoms with Crippen molar-refractivity contribution in [3.05, 3.63) is 36.6 Å². The van der Waals surface area contributed by atoms with E-state index in [1.807, 2.05) is 0 Å². The third-order valence-corrected chi connectivity index (χ3v) is 1.63. The molecular formula is C10H16N2O. The van der Waals surface area contributed by atoms with Crippen LogP contribution in [0.3, 0.4) is 0 Å². The number of nitrogens with one attached hydrogen (secondary N) is 1. The maximum absolute atomic E-state index is 10.8. The fourth-order valence-corrected chi connectivity index (χ4v) is 0.846. The zero-order chi connectivity index (χ0) is 10.3. The minimum absolute atomic E-state index is 0.409. The molecule has 0 rings (SSSR count). The lowest BCUT2D eigenvalue weighted by molar-refractivity contribution is -0.114. The van der Waals surface area contributed by atoms with Crippen molar-refractivity contribution < 1.29 is 4.79 Å². The summed E-state index contributed by atoms with van der Waals surface area (Å²) in [6, 6.07) is 0. The van der Waals surface area contributed by atoms with Crippen LogP contribution < -0.4 is 11.1 Å². The summed E-state index contributed by atoms with van der Waals surface area (Å²) in [7, 11) is 0. The van der Waals surface area contributed by atoms with E-state index in [0.29, 0.717) is 18.5 Å². The molecule has 3 N–H and O–H groups in total. The van der Waals surface area contributed by atoms with E-state index in [2.05, 4.69) is 18.5 Å². The fourth-order valence-electron chi connectivity index (χ4n) is 0.846. The van der Waals surface area contributed by atoms with Crippen LogP contribution in [0.25, 0.3) is 0 Å². The quantitative estimate of drug-likeness (QED) is 0.475. The Kier molecular flexibility index (Phi) is 5.35. The topological polar surface area (TPSA) is 55.1 Å². The molecule has 0 unspecified atom stereocenters. The highest BCUT2D eigenvalue weighted by molar-refractivity contribution is 5.92. The number of nitrogens with two attached hydrogens (primary N) is 1. The van der Waals surface area contributed by atoms with E-state index in [4.69, 9.17) is 5.73 Å². The van der Waals surface area contributed by atoms with Gasteiger partial charge in [-0.1, -0.05) is 12.2 Å². The second kappa shape index (κ2) is 6.06. The SMILES string of the molecule is C=CCNC(CC=C)=C(C)C(N)=O. The standard InChI is InChI=1S/C10H16N2O/c1-4-6-9(12-7-5-2)8(3)10(11)13/h4-5,12H,1-2,6-7H2,3H3,(H2,11,13). The molecule has 0 heterocycles. The lowest BCUT2D eigenvalue weighted by Gasteiger charge is -2.09. The predicted octanol–water partition coefficient (Wildman–Crippen LogP) is 1.10. The molecule has 72 valence electrons. The van der Waals surface area contributed by atoms with Gasteiger partial charge in [0.25, 0.3) is 0 Å². The largest absolute Gasteiger partial charge is 0.384 e. The molecular weight excluding hydrogens is 164 g/mol. The van der Waals surface area contributed by atoms with Gasteiger partial charge >= 0.3 is 0 Å². The molecule has 0 aromatic heterocycles. The molecule has 1 amide bonds. The Hall–Kier alpha value is -1.51. The molecule has 13 heavy (non-hydrogen) atoms. The summed E-state index contributed by atoms with van der Waals surface area (Å²) >= 11 is 0. The monoisotopic (exact) mass is 180 g/mol. The Morgan fingerprint density at radius 2 is 2.08 bits per heavy atom. The molecule has 0 saturated heterocycles. The van der Waals surface area contributed by atoms with Crippen LogP contribution in [0.2, 0.25) is 0 Å². The highest BCUT2D eigenvalue weighted by Crippen LogP contribution is 2.05. The molecule has 0 aliphatic heterocycles. The van der Waals surface area contributed by atoms with Crippen molar-refractivity contribution in [1.29, 1.82) is 0 Å². The first-order chi connectivity index (χ1) is 6.13. The lowest BCUT2D eigenvalue weighted by atomic mass is 10.1. The predicted molar refractivity (Wildman–Crippen MR) is 54.9 cm³/mol. The molecule has 3 heteroatoms. The minimum Gasteiger partial charge on any atom is -0.384 e. The number of amides is 1. The van der Waals surface area contributed by atoms with Crippen molar-refractivity contribution in [2.45, 2.75) is 13.3 Å². The molecule has 0 saturated carbocycles. The Labute approximate surface area is 79.0 Å². The first-order valence-electron chi connectivity index (χ1n) is 4.08. The smallest absolute Gasteiger partial charge is 0.246 e. The Bertz CT molecular complexity index is 241. The van der Waals surface area contributed by atoms with Gasteiger partial charge in [0.1, 0.15) is 0 Å². The van der Waals surface area contributed by atoms with Crippen LogP contribution in [-0.4, -0.2) is 12.5 Å². The van der Waals surface area contributed by atoms with Gasteiger partial charge in [0.15, 0.2) is 0 Å². The molecule has 0 radical (unpaired) electrons. The molecule has 0 fully saturated rings. The second-order valence-electron chi connectivity index (χ2n) is 2.63. The first-order valence-corrected chi connectivity index (χ1v) is 4.08. The fraction of sp³-hybridized carbons (Fsp3) is 0.300. The van der Waals surface area contributed by atoms with Crippen LogP contribution in [0.4, 0.5) is 0 Å². The van der Waals surface area contributed by atoms with E-state index in [-0.39, 0.29) is 0 Å². The minimum atomic E-state index is -0.409. The molecule has 0 aromatic carbocycles. The normalized spacial score (nSPS) is 11.5. The Balaban J connectivity index is 4.54. The van der Waals surface area contributed by atoms with E-state index >= 15 is 0 Å². The molecule has 3 nitrogen and oxygen atoms in total. The molecule has 0 aliphatic carbocycles. The highest BCUT2D eigenvalue weighted by atomic mass is 16.1. The number of carbonyl (C=O) groups is 1. The average molecular weight is 180 g/mol. The maximum atomic E-state index is 10.8. The van der Waals surface area contributed by atoms with Crippen molar-refractivity contribution in [1.82, 2.24) is 5.32 Å². The third kappa shape index (κ3) is 4.15. The van der Waals surface area contributed by atoms with Crippen molar-refractivity contribution in [2.24, 2.45) is 5.73 Å². The number of primary amides is 1. The summed E-state index contributed by atoms with van der Waals surface area (Å²) in [5, 5.41) is 3.04. The van der Waals surface area contributed by atoms with E-state index in [9.17, 15) is 4.79 Å². The lowest BCUT2D eigenvalue weighted by Crippen LogP contribution is -2.21. The molecule has 0 spiro atoms. The summed E-state index contributed by atoms with van der Waals surface area (Å²) in [5.41, 5.74) is 6.49. The van der Waals surface area contributed by atoms with Crippen LogP contribution >= 0.6 is 0 Å². The van der Waals surface area contributed by atoms with E-state index < -0.39 is 5.91 Å². The number of hydrogen-bond donors (Lipinski definition) is 2. The average Bonchev–Trinajstić information content (AvgIpc) is 2.11. The van der Waals surface area contributed by atoms with Gasteiger partial charge in [-0.15, -0.1) is 13.2 Å². The van der Waals surface area contributed by atoms with Gasteiger partial charge in [0, 0.05) is 24.2 Å². The van der Waals surface area contributed by atoms with Crippen molar-refractivity contribution >= 4 is 5.91 Å². The summed E-state index contributed by atoms with van der Waals surface area (Å²) < 4.78 is 0. The highest BCUT2D eigenvalue weighted by Gasteiger charge is 2.04. The first kappa shape index (κ1) is 11.5. The zero-order valence-corrected chi connectivity index (χ0v) is 7.97. The van der Waals surface area contributed by atoms with Crippen molar-refractivity contribution in [3.63, 3.8) is 0 Å². The summed E-state index contributed by atoms with van der Waals surface area (Å²) in [6.45, 7) is 9.48. The van der Waals surface area contributed by atoms with Crippen LogP contribution in [-0.2, 0) is 4.79 Å². The number of hydrogen-bond acceptors (Lipinski definition) is 2. The molecule has 0 aromatic rings. The van der Waals surface area contributed by atoms with Gasteiger partial charge in [-0.05, 0) is 6.92 Å². The molecule has 0 aliphatic rings. The Morgan fingerprint density at radius 1 is 1.46 bits per heavy atom. The van der Waals surface area contributed by atoms with Gasteiger partial charge in [0.2, 0.25) is 5.91 Å². The van der Waals surface area contributed by atoms with Crippen molar-refractivity contribution in [3.8, 4) is 0 Å². The second-order valence-corrected chi connectivity index (χ2v) is 2.63. The summed E-state index contributed by atoms with van der Waals surface area (Å²) in [4.78, 5) is 10.8. The van der Waals surface area contributed by atoms with E-state index in [1.165, 1.54) is 0 Å². The van der Waals surface area contributed by atoms with Gasteiger partial charge in [-0.25, -0.2) is 0 Å². The third-order valence-electron chi connectivity index (χ3n) is 1.63. The van der Waals surface area contributed by atoms with Gasteiger partial charge in [-0.2, -0.15) is 0 Å². The molecule has 0 atom stereocenters. The number of carbonyl (C=O) groups excluding carboxylic acids is 1. The number of allylic oxidation sites excluding steroid dienone is 1. The van der Waals surface area contributed by atoms with Crippen molar-refractivity contribution in [2.75, 3.05) is 6.54 Å². The Morgan fingerprint density at radius 3 is 2.46 bits per heavy atom. The summed E-state index contributed by atoms with van der Waals surface area (Å²) in [6.07, 6.45) is 4.05. The maximum Gasteiger partial charge on any atom is 0.246 e. The van der Waals surface area contributed by atoms with E-state index in [1.54, 1.807) is 19.1 Å². The van der Waals surface area contributed by atoms with Crippen LogP contribution in [0.15, 0.2) is 36.6 Å². The number of rotatable bonds is 6. The van der Waals surface area contributed by atoms with Gasteiger partial charge < -0.3 is 11.1 Å².